The third-order valence-electron chi connectivity index (χ3n) is 5.79. The number of fused-ring (bicyclic) bond motifs is 1. The highest BCUT2D eigenvalue weighted by Gasteiger charge is 2.27. The van der Waals surface area contributed by atoms with Gasteiger partial charge in [0.25, 0.3) is 0 Å². The zero-order valence-electron chi connectivity index (χ0n) is 17.6. The molecule has 2 atom stereocenters. The summed E-state index contributed by atoms with van der Waals surface area (Å²) in [5.41, 5.74) is 0.681. The summed E-state index contributed by atoms with van der Waals surface area (Å²) in [6.45, 7) is 5.61. The van der Waals surface area contributed by atoms with Crippen LogP contribution in [-0.2, 0) is 16.1 Å². The summed E-state index contributed by atoms with van der Waals surface area (Å²) >= 11 is 1.43. The summed E-state index contributed by atoms with van der Waals surface area (Å²) in [6.07, 6.45) is 4.65. The van der Waals surface area contributed by atoms with Crippen LogP contribution < -0.4 is 19.7 Å². The predicted octanol–water partition coefficient (Wildman–Crippen LogP) is 2.91. The van der Waals surface area contributed by atoms with Gasteiger partial charge < -0.3 is 24.4 Å². The van der Waals surface area contributed by atoms with Gasteiger partial charge in [0.2, 0.25) is 18.6 Å². The molecule has 9 nitrogen and oxygen atoms in total. The van der Waals surface area contributed by atoms with Gasteiger partial charge in [-0.05, 0) is 44.7 Å². The molecule has 0 saturated carbocycles. The highest BCUT2D eigenvalue weighted by Crippen LogP contribution is 2.35. The molecule has 0 radical (unpaired) electrons. The number of aromatic nitrogens is 3. The molecule has 5 rings (SSSR count). The fraction of sp³-hybridized carbons (Fsp3) is 0.571. The second-order valence-electron chi connectivity index (χ2n) is 8.04. The molecule has 166 valence electrons. The van der Waals surface area contributed by atoms with Crippen molar-refractivity contribution in [1.29, 1.82) is 0 Å². The minimum absolute atomic E-state index is 0.0988. The van der Waals surface area contributed by atoms with Crippen LogP contribution in [0.2, 0.25) is 0 Å². The maximum atomic E-state index is 12.8. The monoisotopic (exact) mass is 445 g/mol. The number of rotatable bonds is 7. The van der Waals surface area contributed by atoms with Gasteiger partial charge in [0, 0.05) is 31.5 Å². The quantitative estimate of drug-likeness (QED) is 0.651. The van der Waals surface area contributed by atoms with Crippen molar-refractivity contribution in [1.82, 2.24) is 14.8 Å². The van der Waals surface area contributed by atoms with Gasteiger partial charge >= 0.3 is 0 Å². The van der Waals surface area contributed by atoms with E-state index in [1.807, 2.05) is 13.0 Å². The third-order valence-corrected chi connectivity index (χ3v) is 6.87. The molecule has 10 heteroatoms. The first-order chi connectivity index (χ1) is 15.2. The van der Waals surface area contributed by atoms with E-state index in [1.165, 1.54) is 24.6 Å². The molecule has 3 aliphatic rings. The molecule has 2 fully saturated rings. The average Bonchev–Trinajstić information content (AvgIpc) is 3.56. The molecular weight excluding hydrogens is 418 g/mol. The Morgan fingerprint density at radius 1 is 1.23 bits per heavy atom. The second-order valence-corrected chi connectivity index (χ2v) is 9.35. The van der Waals surface area contributed by atoms with Crippen molar-refractivity contribution in [3.05, 3.63) is 18.2 Å². The number of nitrogens with one attached hydrogen (secondary N) is 1. The summed E-state index contributed by atoms with van der Waals surface area (Å²) in [4.78, 5) is 15.1. The zero-order chi connectivity index (χ0) is 21.2. The van der Waals surface area contributed by atoms with E-state index < -0.39 is 0 Å². The van der Waals surface area contributed by atoms with Crippen LogP contribution in [0.25, 0.3) is 0 Å². The van der Waals surface area contributed by atoms with Gasteiger partial charge in [-0.15, -0.1) is 10.2 Å². The van der Waals surface area contributed by atoms with E-state index >= 15 is 0 Å². The average molecular weight is 446 g/mol. The summed E-state index contributed by atoms with van der Waals surface area (Å²) in [5.74, 6) is 2.12. The van der Waals surface area contributed by atoms with Crippen LogP contribution in [0.1, 0.15) is 32.6 Å². The van der Waals surface area contributed by atoms with Crippen molar-refractivity contribution >= 4 is 29.3 Å². The maximum Gasteiger partial charge on any atom is 0.237 e. The van der Waals surface area contributed by atoms with Crippen molar-refractivity contribution < 1.29 is 19.0 Å². The van der Waals surface area contributed by atoms with Gasteiger partial charge in [-0.3, -0.25) is 9.36 Å². The standard InChI is InChI=1S/C21H27N5O4S/c1-14(19(27)22-15-6-7-17-18(11-15)30-13-29-17)31-21-24-23-20(25-8-2-3-9-25)26(21)12-16-5-4-10-28-16/h6-7,11,14,16H,2-5,8-10,12-13H2,1H3,(H,22,27)/t14-,16-/m0/s1. The molecule has 1 aromatic carbocycles. The van der Waals surface area contributed by atoms with Gasteiger partial charge in [0.15, 0.2) is 16.7 Å². The largest absolute Gasteiger partial charge is 0.454 e. The van der Waals surface area contributed by atoms with Gasteiger partial charge in [0.1, 0.15) is 0 Å². The predicted molar refractivity (Wildman–Crippen MR) is 117 cm³/mol. The lowest BCUT2D eigenvalue weighted by atomic mass is 10.2. The van der Waals surface area contributed by atoms with Crippen LogP contribution in [-0.4, -0.2) is 58.5 Å². The normalized spacial score (nSPS) is 20.9. The molecule has 4 heterocycles. The highest BCUT2D eigenvalue weighted by atomic mass is 32.2. The highest BCUT2D eigenvalue weighted by molar-refractivity contribution is 8.00. The Labute approximate surface area is 185 Å². The van der Waals surface area contributed by atoms with E-state index in [2.05, 4.69) is 25.0 Å². The van der Waals surface area contributed by atoms with Gasteiger partial charge in [-0.2, -0.15) is 0 Å². The van der Waals surface area contributed by atoms with Crippen LogP contribution in [0, 0.1) is 0 Å². The Morgan fingerprint density at radius 2 is 2.06 bits per heavy atom. The Balaban J connectivity index is 1.29. The fourth-order valence-electron chi connectivity index (χ4n) is 4.10. The number of hydrogen-bond acceptors (Lipinski definition) is 8. The Morgan fingerprint density at radius 3 is 2.87 bits per heavy atom. The molecule has 31 heavy (non-hydrogen) atoms. The van der Waals surface area contributed by atoms with Gasteiger partial charge in [-0.25, -0.2) is 0 Å². The van der Waals surface area contributed by atoms with E-state index in [-0.39, 0.29) is 24.1 Å². The molecule has 0 bridgehead atoms. The SMILES string of the molecule is C[C@H](Sc1nnc(N2CCCC2)n1C[C@@H]1CCCO1)C(=O)Nc1ccc2c(c1)OCO2. The topological polar surface area (TPSA) is 90.7 Å². The molecule has 0 aliphatic carbocycles. The number of amides is 1. The Bertz CT molecular complexity index is 940. The first-order valence-electron chi connectivity index (χ1n) is 10.8. The third kappa shape index (κ3) is 4.45. The first-order valence-corrected chi connectivity index (χ1v) is 11.7. The van der Waals surface area contributed by atoms with Gasteiger partial charge in [-0.1, -0.05) is 11.8 Å². The number of ether oxygens (including phenoxy) is 3. The molecular formula is C21H27N5O4S. The number of carbonyl (C=O) groups is 1. The lowest BCUT2D eigenvalue weighted by Crippen LogP contribution is -2.26. The molecule has 0 unspecified atom stereocenters. The molecule has 2 saturated heterocycles. The second kappa shape index (κ2) is 8.96. The molecule has 1 amide bonds. The molecule has 1 N–H and O–H groups in total. The van der Waals surface area contributed by atoms with Crippen LogP contribution in [0.3, 0.4) is 0 Å². The zero-order valence-corrected chi connectivity index (χ0v) is 18.4. The molecule has 0 spiro atoms. The van der Waals surface area contributed by atoms with Crippen LogP contribution >= 0.6 is 11.8 Å². The van der Waals surface area contributed by atoms with E-state index in [4.69, 9.17) is 14.2 Å². The van der Waals surface area contributed by atoms with Crippen molar-refractivity contribution in [2.24, 2.45) is 0 Å². The lowest BCUT2D eigenvalue weighted by Gasteiger charge is -2.21. The fourth-order valence-corrected chi connectivity index (χ4v) is 4.95. The summed E-state index contributed by atoms with van der Waals surface area (Å²) in [7, 11) is 0. The minimum atomic E-state index is -0.343. The van der Waals surface area contributed by atoms with Crippen LogP contribution in [0.5, 0.6) is 11.5 Å². The first kappa shape index (κ1) is 20.4. The van der Waals surface area contributed by atoms with Crippen molar-refractivity contribution in [3.63, 3.8) is 0 Å². The van der Waals surface area contributed by atoms with Gasteiger partial charge in [0.05, 0.1) is 17.9 Å². The lowest BCUT2D eigenvalue weighted by molar-refractivity contribution is -0.115. The summed E-state index contributed by atoms with van der Waals surface area (Å²) < 4.78 is 18.7. The maximum absolute atomic E-state index is 12.8. The van der Waals surface area contributed by atoms with Crippen LogP contribution in [0.15, 0.2) is 23.4 Å². The Hall–Kier alpha value is -2.46. The number of hydrogen-bond donors (Lipinski definition) is 1. The number of anilines is 2. The van der Waals surface area contributed by atoms with E-state index in [0.29, 0.717) is 17.2 Å². The molecule has 3 aliphatic heterocycles. The minimum Gasteiger partial charge on any atom is -0.454 e. The Kier molecular flexibility index (Phi) is 5.91. The number of nitrogens with zero attached hydrogens (tertiary/aromatic N) is 4. The number of thioether (sulfide) groups is 1. The molecule has 1 aromatic heterocycles. The van der Waals surface area contributed by atoms with Crippen molar-refractivity contribution in [2.75, 3.05) is 36.7 Å². The van der Waals surface area contributed by atoms with Crippen molar-refractivity contribution in [3.8, 4) is 11.5 Å². The van der Waals surface area contributed by atoms with E-state index in [0.717, 1.165) is 50.2 Å². The summed E-state index contributed by atoms with van der Waals surface area (Å²) in [5, 5.41) is 12.3. The molecule has 2 aromatic rings. The number of carbonyl (C=O) groups excluding carboxylic acids is 1. The van der Waals surface area contributed by atoms with E-state index in [9.17, 15) is 4.79 Å². The summed E-state index contributed by atoms with van der Waals surface area (Å²) in [6, 6.07) is 5.40. The smallest absolute Gasteiger partial charge is 0.237 e. The number of benzene rings is 1. The van der Waals surface area contributed by atoms with Crippen LogP contribution in [0.4, 0.5) is 11.6 Å². The van der Waals surface area contributed by atoms with E-state index in [1.54, 1.807) is 12.1 Å². The van der Waals surface area contributed by atoms with Crippen molar-refractivity contribution in [2.45, 2.75) is 55.7 Å².